The quantitative estimate of drug-likeness (QED) is 0.802. The molecule has 1 amide bonds. The molecule has 2 aromatic heterocycles. The molecule has 1 atom stereocenters. The summed E-state index contributed by atoms with van der Waals surface area (Å²) in [6, 6.07) is -0.358. The van der Waals surface area contributed by atoms with E-state index < -0.39 is 0 Å². The minimum atomic E-state index is -0.358. The van der Waals surface area contributed by atoms with Crippen molar-refractivity contribution in [1.29, 1.82) is 0 Å². The fraction of sp³-hybridized carbons (Fsp3) is 0.611. The van der Waals surface area contributed by atoms with Crippen LogP contribution in [0.25, 0.3) is 10.2 Å². The van der Waals surface area contributed by atoms with E-state index in [1.54, 1.807) is 11.3 Å². The van der Waals surface area contributed by atoms with Gasteiger partial charge >= 0.3 is 0 Å². The van der Waals surface area contributed by atoms with Gasteiger partial charge in [-0.05, 0) is 33.3 Å². The van der Waals surface area contributed by atoms with Crippen LogP contribution in [-0.2, 0) is 16.1 Å². The average Bonchev–Trinajstić information content (AvgIpc) is 2.90. The van der Waals surface area contributed by atoms with Crippen LogP contribution in [0.1, 0.15) is 30.1 Å². The minimum Gasteiger partial charge on any atom is -0.379 e. The molecule has 0 aliphatic carbocycles. The van der Waals surface area contributed by atoms with Crippen LogP contribution in [0.15, 0.2) is 0 Å². The molecular weight excluding hydrogens is 350 g/mol. The first-order valence-electron chi connectivity index (χ1n) is 9.10. The number of carbonyl (C=O) groups excluding carboxylic acids is 1. The SMILES string of the molecule is CCNC(=O)C(C)Nc1nc(CN2CCOCC2)nc2sc(C)c(C)c12. The molecule has 1 fully saturated rings. The van der Waals surface area contributed by atoms with E-state index in [1.807, 2.05) is 13.8 Å². The first kappa shape index (κ1) is 19.0. The summed E-state index contributed by atoms with van der Waals surface area (Å²) >= 11 is 1.68. The van der Waals surface area contributed by atoms with E-state index in [0.29, 0.717) is 13.1 Å². The summed E-state index contributed by atoms with van der Waals surface area (Å²) in [4.78, 5) is 26.2. The lowest BCUT2D eigenvalue weighted by atomic mass is 10.2. The zero-order valence-corrected chi connectivity index (χ0v) is 16.7. The second kappa shape index (κ2) is 8.28. The number of morpholine rings is 1. The first-order chi connectivity index (χ1) is 12.5. The third kappa shape index (κ3) is 4.13. The Morgan fingerprint density at radius 1 is 1.31 bits per heavy atom. The average molecular weight is 378 g/mol. The number of amides is 1. The van der Waals surface area contributed by atoms with Crippen molar-refractivity contribution in [3.63, 3.8) is 0 Å². The molecule has 0 radical (unpaired) electrons. The number of likely N-dealkylation sites (N-methyl/N-ethyl adjacent to an activating group) is 1. The van der Waals surface area contributed by atoms with Crippen molar-refractivity contribution < 1.29 is 9.53 Å². The molecule has 1 aliphatic rings. The number of aryl methyl sites for hydroxylation is 2. The van der Waals surface area contributed by atoms with Gasteiger partial charge in [-0.15, -0.1) is 11.3 Å². The van der Waals surface area contributed by atoms with Crippen LogP contribution < -0.4 is 10.6 Å². The van der Waals surface area contributed by atoms with Gasteiger partial charge in [0, 0.05) is 24.5 Å². The highest BCUT2D eigenvalue weighted by molar-refractivity contribution is 7.18. The van der Waals surface area contributed by atoms with Crippen molar-refractivity contribution in [2.75, 3.05) is 38.2 Å². The monoisotopic (exact) mass is 377 g/mol. The maximum absolute atomic E-state index is 12.1. The topological polar surface area (TPSA) is 79.4 Å². The highest BCUT2D eigenvalue weighted by Gasteiger charge is 2.20. The molecule has 0 aromatic carbocycles. The van der Waals surface area contributed by atoms with Gasteiger partial charge in [-0.2, -0.15) is 0 Å². The lowest BCUT2D eigenvalue weighted by Gasteiger charge is -2.26. The molecule has 0 bridgehead atoms. The number of anilines is 1. The third-order valence-corrected chi connectivity index (χ3v) is 5.74. The highest BCUT2D eigenvalue weighted by Crippen LogP contribution is 2.33. The van der Waals surface area contributed by atoms with Gasteiger partial charge in [0.25, 0.3) is 0 Å². The Morgan fingerprint density at radius 3 is 2.73 bits per heavy atom. The van der Waals surface area contributed by atoms with Crippen LogP contribution in [0.3, 0.4) is 0 Å². The summed E-state index contributed by atoms with van der Waals surface area (Å²) in [6.45, 7) is 12.5. The van der Waals surface area contributed by atoms with E-state index in [2.05, 4.69) is 29.4 Å². The summed E-state index contributed by atoms with van der Waals surface area (Å²) in [5, 5.41) is 7.17. The fourth-order valence-corrected chi connectivity index (χ4v) is 4.07. The molecule has 3 heterocycles. The second-order valence-corrected chi connectivity index (χ2v) is 7.80. The molecule has 0 spiro atoms. The zero-order chi connectivity index (χ0) is 18.7. The Kier molecular flexibility index (Phi) is 6.05. The van der Waals surface area contributed by atoms with Gasteiger partial charge in [-0.25, -0.2) is 9.97 Å². The predicted molar refractivity (Wildman–Crippen MR) is 105 cm³/mol. The van der Waals surface area contributed by atoms with Crippen LogP contribution in [0.2, 0.25) is 0 Å². The molecule has 26 heavy (non-hydrogen) atoms. The molecule has 1 unspecified atom stereocenters. The first-order valence-corrected chi connectivity index (χ1v) is 9.92. The summed E-state index contributed by atoms with van der Waals surface area (Å²) in [6.07, 6.45) is 0. The van der Waals surface area contributed by atoms with Crippen LogP contribution >= 0.6 is 11.3 Å². The van der Waals surface area contributed by atoms with Crippen molar-refractivity contribution in [3.05, 3.63) is 16.3 Å². The van der Waals surface area contributed by atoms with Gasteiger partial charge in [-0.1, -0.05) is 0 Å². The standard InChI is InChI=1S/C18H27N5O2S/c1-5-19-17(24)12(3)20-16-15-11(2)13(4)26-18(15)22-14(21-16)10-23-6-8-25-9-7-23/h12H,5-10H2,1-4H3,(H,19,24)(H,20,21,22). The molecule has 3 rings (SSSR count). The molecular formula is C18H27N5O2S. The van der Waals surface area contributed by atoms with Crippen molar-refractivity contribution >= 4 is 33.3 Å². The van der Waals surface area contributed by atoms with Gasteiger partial charge < -0.3 is 15.4 Å². The van der Waals surface area contributed by atoms with Crippen molar-refractivity contribution in [2.24, 2.45) is 0 Å². The molecule has 142 valence electrons. The van der Waals surface area contributed by atoms with Gasteiger partial charge in [0.15, 0.2) is 0 Å². The number of nitrogens with zero attached hydrogens (tertiary/aromatic N) is 3. The van der Waals surface area contributed by atoms with Crippen LogP contribution in [0.4, 0.5) is 5.82 Å². The maximum atomic E-state index is 12.1. The predicted octanol–water partition coefficient (Wildman–Crippen LogP) is 2.08. The minimum absolute atomic E-state index is 0.0291. The lowest BCUT2D eigenvalue weighted by Crippen LogP contribution is -2.38. The largest absolute Gasteiger partial charge is 0.379 e. The number of hydrogen-bond donors (Lipinski definition) is 2. The van der Waals surface area contributed by atoms with Crippen LogP contribution in [0.5, 0.6) is 0 Å². The number of nitrogens with one attached hydrogen (secondary N) is 2. The summed E-state index contributed by atoms with van der Waals surface area (Å²) in [5.41, 5.74) is 1.17. The Balaban J connectivity index is 1.91. The summed E-state index contributed by atoms with van der Waals surface area (Å²) in [7, 11) is 0. The van der Waals surface area contributed by atoms with E-state index in [9.17, 15) is 4.79 Å². The smallest absolute Gasteiger partial charge is 0.242 e. The van der Waals surface area contributed by atoms with Crippen molar-refractivity contribution in [2.45, 2.75) is 40.3 Å². The Bertz CT molecular complexity index is 785. The normalized spacial score (nSPS) is 16.6. The molecule has 1 aliphatic heterocycles. The number of thiophene rings is 1. The fourth-order valence-electron chi connectivity index (χ4n) is 3.03. The summed E-state index contributed by atoms with van der Waals surface area (Å²) in [5.74, 6) is 1.50. The van der Waals surface area contributed by atoms with Gasteiger partial charge in [-0.3, -0.25) is 9.69 Å². The van der Waals surface area contributed by atoms with Crippen LogP contribution in [-0.4, -0.2) is 59.7 Å². The number of fused-ring (bicyclic) bond motifs is 1. The number of aromatic nitrogens is 2. The molecule has 2 aromatic rings. The Morgan fingerprint density at radius 2 is 2.04 bits per heavy atom. The highest BCUT2D eigenvalue weighted by atomic mass is 32.1. The van der Waals surface area contributed by atoms with Crippen molar-refractivity contribution in [3.8, 4) is 0 Å². The molecule has 2 N–H and O–H groups in total. The second-order valence-electron chi connectivity index (χ2n) is 6.60. The third-order valence-electron chi connectivity index (χ3n) is 4.64. The van der Waals surface area contributed by atoms with Gasteiger partial charge in [0.2, 0.25) is 5.91 Å². The summed E-state index contributed by atoms with van der Waals surface area (Å²) < 4.78 is 5.42. The molecule has 0 saturated carbocycles. The number of carbonyl (C=O) groups is 1. The number of hydrogen-bond acceptors (Lipinski definition) is 7. The van der Waals surface area contributed by atoms with Gasteiger partial charge in [0.05, 0.1) is 25.1 Å². The molecule has 7 nitrogen and oxygen atoms in total. The lowest BCUT2D eigenvalue weighted by molar-refractivity contribution is -0.121. The Labute approximate surface area is 158 Å². The van der Waals surface area contributed by atoms with E-state index in [1.165, 1.54) is 10.4 Å². The van der Waals surface area contributed by atoms with E-state index in [4.69, 9.17) is 14.7 Å². The van der Waals surface area contributed by atoms with Crippen molar-refractivity contribution in [1.82, 2.24) is 20.2 Å². The van der Waals surface area contributed by atoms with Gasteiger partial charge in [0.1, 0.15) is 22.5 Å². The molecule has 8 heteroatoms. The zero-order valence-electron chi connectivity index (χ0n) is 15.9. The van der Waals surface area contributed by atoms with Crippen LogP contribution in [0, 0.1) is 13.8 Å². The molecule has 1 saturated heterocycles. The van der Waals surface area contributed by atoms with E-state index in [0.717, 1.165) is 48.2 Å². The number of rotatable bonds is 6. The maximum Gasteiger partial charge on any atom is 0.242 e. The number of ether oxygens (including phenoxy) is 1. The Hall–Kier alpha value is -1.77. The van der Waals surface area contributed by atoms with E-state index >= 15 is 0 Å². The van der Waals surface area contributed by atoms with E-state index in [-0.39, 0.29) is 11.9 Å².